The number of nitrogens with zero attached hydrogens (tertiary/aromatic N) is 1. The highest BCUT2D eigenvalue weighted by molar-refractivity contribution is 4.87. The molecule has 0 aromatic rings. The van der Waals surface area contributed by atoms with E-state index >= 15 is 0 Å². The summed E-state index contributed by atoms with van der Waals surface area (Å²) < 4.78 is 0. The molecule has 1 saturated heterocycles. The van der Waals surface area contributed by atoms with Crippen LogP contribution < -0.4 is 5.32 Å². The summed E-state index contributed by atoms with van der Waals surface area (Å²) in [5.41, 5.74) is 0. The lowest BCUT2D eigenvalue weighted by atomic mass is 10.4. The Kier molecular flexibility index (Phi) is 3.47. The first-order valence-electron chi connectivity index (χ1n) is 3.84. The van der Waals surface area contributed by atoms with Crippen molar-refractivity contribution in [3.05, 3.63) is 19.2 Å². The summed E-state index contributed by atoms with van der Waals surface area (Å²) in [6.07, 6.45) is 3.09. The Bertz CT molecular complexity index is 93.4. The normalized spacial score (nSPS) is 22.0. The van der Waals surface area contributed by atoms with E-state index in [1.54, 1.807) is 0 Å². The topological polar surface area (TPSA) is 15.3 Å². The van der Waals surface area contributed by atoms with Gasteiger partial charge in [-0.3, -0.25) is 4.90 Å². The van der Waals surface area contributed by atoms with Crippen molar-refractivity contribution in [3.8, 4) is 0 Å². The van der Waals surface area contributed by atoms with Crippen LogP contribution in [0.4, 0.5) is 0 Å². The molecular weight excluding hydrogens is 125 g/mol. The second kappa shape index (κ2) is 4.47. The molecule has 0 aliphatic carbocycles. The van der Waals surface area contributed by atoms with Crippen molar-refractivity contribution < 1.29 is 0 Å². The van der Waals surface area contributed by atoms with Crippen LogP contribution in [0.1, 0.15) is 6.42 Å². The van der Waals surface area contributed by atoms with E-state index in [4.69, 9.17) is 0 Å². The SMILES string of the molecule is C=C[CH]N1CCCNC[13CH2]1. The van der Waals surface area contributed by atoms with Gasteiger partial charge in [-0.1, -0.05) is 6.08 Å². The molecule has 1 aliphatic rings. The minimum atomic E-state index is 1.10. The molecule has 0 atom stereocenters. The van der Waals surface area contributed by atoms with E-state index in [2.05, 4.69) is 23.3 Å². The maximum Gasteiger partial charge on any atom is 0.0467 e. The van der Waals surface area contributed by atoms with Gasteiger partial charge in [-0.15, -0.1) is 6.58 Å². The first-order chi connectivity index (χ1) is 4.93. The van der Waals surface area contributed by atoms with Crippen LogP contribution in [0.5, 0.6) is 0 Å². The molecule has 0 bridgehead atoms. The van der Waals surface area contributed by atoms with Crippen LogP contribution in [0.2, 0.25) is 0 Å². The predicted octanol–water partition coefficient (Wildman–Crippen LogP) is 0.629. The van der Waals surface area contributed by atoms with Gasteiger partial charge in [0.15, 0.2) is 0 Å². The fourth-order valence-electron chi connectivity index (χ4n) is 1.16. The summed E-state index contributed by atoms with van der Waals surface area (Å²) in [5.74, 6) is 0. The number of hydrogen-bond acceptors (Lipinski definition) is 2. The van der Waals surface area contributed by atoms with Crippen LogP contribution in [0, 0.1) is 6.54 Å². The van der Waals surface area contributed by atoms with Crippen LogP contribution in [-0.4, -0.2) is 31.1 Å². The van der Waals surface area contributed by atoms with Crippen LogP contribution in [0.3, 0.4) is 0 Å². The molecule has 1 heterocycles. The molecule has 0 amide bonds. The Morgan fingerprint density at radius 2 is 2.20 bits per heavy atom. The van der Waals surface area contributed by atoms with Crippen LogP contribution >= 0.6 is 0 Å². The zero-order valence-corrected chi connectivity index (χ0v) is 6.34. The third-order valence-electron chi connectivity index (χ3n) is 1.69. The minimum absolute atomic E-state index is 1.10. The van der Waals surface area contributed by atoms with Gasteiger partial charge in [-0.25, -0.2) is 0 Å². The van der Waals surface area contributed by atoms with Gasteiger partial charge in [0.1, 0.15) is 0 Å². The molecule has 57 valence electrons. The Morgan fingerprint density at radius 3 is 3.00 bits per heavy atom. The molecule has 2 nitrogen and oxygen atoms in total. The third kappa shape index (κ3) is 2.50. The molecule has 1 N–H and O–H groups in total. The summed E-state index contributed by atoms with van der Waals surface area (Å²) in [6.45, 7) is 10.3. The van der Waals surface area contributed by atoms with E-state index in [1.807, 2.05) is 6.08 Å². The van der Waals surface area contributed by atoms with E-state index in [0.29, 0.717) is 0 Å². The average Bonchev–Trinajstić information content (AvgIpc) is 2.17. The van der Waals surface area contributed by atoms with Gasteiger partial charge in [-0.05, 0) is 13.0 Å². The van der Waals surface area contributed by atoms with Crippen molar-refractivity contribution in [3.63, 3.8) is 0 Å². The van der Waals surface area contributed by atoms with E-state index in [1.165, 1.54) is 13.0 Å². The largest absolute Gasteiger partial charge is 0.315 e. The van der Waals surface area contributed by atoms with Crippen molar-refractivity contribution in [1.29, 1.82) is 0 Å². The van der Waals surface area contributed by atoms with Crippen molar-refractivity contribution in [2.75, 3.05) is 26.2 Å². The summed E-state index contributed by atoms with van der Waals surface area (Å²) in [6, 6.07) is 0. The Hall–Kier alpha value is -0.340. The average molecular weight is 140 g/mol. The first kappa shape index (κ1) is 7.76. The van der Waals surface area contributed by atoms with Gasteiger partial charge < -0.3 is 5.32 Å². The molecule has 1 radical (unpaired) electrons. The van der Waals surface area contributed by atoms with E-state index < -0.39 is 0 Å². The van der Waals surface area contributed by atoms with Crippen molar-refractivity contribution >= 4 is 0 Å². The van der Waals surface area contributed by atoms with Gasteiger partial charge in [-0.2, -0.15) is 0 Å². The van der Waals surface area contributed by atoms with Crippen LogP contribution in [-0.2, 0) is 0 Å². The minimum Gasteiger partial charge on any atom is -0.315 e. The van der Waals surface area contributed by atoms with Gasteiger partial charge in [0, 0.05) is 26.2 Å². The molecule has 0 spiro atoms. The second-order valence-electron chi connectivity index (χ2n) is 2.52. The lowest BCUT2D eigenvalue weighted by Gasteiger charge is -2.15. The van der Waals surface area contributed by atoms with Crippen molar-refractivity contribution in [1.82, 2.24) is 10.2 Å². The zero-order chi connectivity index (χ0) is 7.23. The quantitative estimate of drug-likeness (QED) is 0.566. The zero-order valence-electron chi connectivity index (χ0n) is 6.34. The van der Waals surface area contributed by atoms with E-state index in [9.17, 15) is 0 Å². The molecule has 0 saturated carbocycles. The smallest absolute Gasteiger partial charge is 0.0467 e. The molecule has 2 heteroatoms. The second-order valence-corrected chi connectivity index (χ2v) is 2.52. The first-order valence-corrected chi connectivity index (χ1v) is 3.84. The van der Waals surface area contributed by atoms with Crippen LogP contribution in [0.25, 0.3) is 0 Å². The Morgan fingerprint density at radius 1 is 1.30 bits per heavy atom. The molecule has 1 rings (SSSR count). The molecule has 10 heavy (non-hydrogen) atoms. The lowest BCUT2D eigenvalue weighted by Crippen LogP contribution is -2.25. The van der Waals surface area contributed by atoms with Crippen molar-refractivity contribution in [2.45, 2.75) is 6.42 Å². The molecule has 1 aliphatic heterocycles. The van der Waals surface area contributed by atoms with E-state index in [0.717, 1.165) is 19.6 Å². The summed E-state index contributed by atoms with van der Waals surface area (Å²) in [5, 5.41) is 3.34. The fourth-order valence-corrected chi connectivity index (χ4v) is 1.16. The molecular formula is C8H15N2. The van der Waals surface area contributed by atoms with Crippen LogP contribution in [0.15, 0.2) is 12.7 Å². The predicted molar refractivity (Wildman–Crippen MR) is 43.6 cm³/mol. The molecule has 0 unspecified atom stereocenters. The van der Waals surface area contributed by atoms with Gasteiger partial charge >= 0.3 is 0 Å². The molecule has 1 fully saturated rings. The van der Waals surface area contributed by atoms with Crippen molar-refractivity contribution in [2.24, 2.45) is 0 Å². The molecule has 0 aromatic carbocycles. The number of nitrogens with one attached hydrogen (secondary N) is 1. The Labute approximate surface area is 62.9 Å². The highest BCUT2D eigenvalue weighted by Crippen LogP contribution is 1.97. The maximum absolute atomic E-state index is 3.67. The summed E-state index contributed by atoms with van der Waals surface area (Å²) in [4.78, 5) is 2.30. The monoisotopic (exact) mass is 140 g/mol. The lowest BCUT2D eigenvalue weighted by molar-refractivity contribution is 0.372. The van der Waals surface area contributed by atoms with E-state index in [-0.39, 0.29) is 0 Å². The molecule has 0 aromatic heterocycles. The highest BCUT2D eigenvalue weighted by atomic mass is 15.3. The fraction of sp³-hybridized carbons (Fsp3) is 0.625. The summed E-state index contributed by atoms with van der Waals surface area (Å²) >= 11 is 0. The summed E-state index contributed by atoms with van der Waals surface area (Å²) in [7, 11) is 0. The number of hydrogen-bond donors (Lipinski definition) is 1. The van der Waals surface area contributed by atoms with Gasteiger partial charge in [0.2, 0.25) is 0 Å². The van der Waals surface area contributed by atoms with Gasteiger partial charge in [0.25, 0.3) is 0 Å². The Balaban J connectivity index is 2.21. The highest BCUT2D eigenvalue weighted by Gasteiger charge is 2.05. The maximum atomic E-state index is 3.67. The number of rotatable bonds is 2. The third-order valence-corrected chi connectivity index (χ3v) is 1.69. The standard InChI is InChI=1S/C8H15N2/c1-2-6-10-7-3-4-9-5-8-10/h2,6,9H,1,3-5,7-8H2/i8+1. The van der Waals surface area contributed by atoms with Gasteiger partial charge in [0.05, 0.1) is 0 Å².